The van der Waals surface area contributed by atoms with Gasteiger partial charge < -0.3 is 10.1 Å². The number of benzene rings is 1. The highest BCUT2D eigenvalue weighted by atomic mass is 19.4. The summed E-state index contributed by atoms with van der Waals surface area (Å²) in [6.07, 6.45) is -4.39. The Morgan fingerprint density at radius 1 is 1.12 bits per heavy atom. The SMILES string of the molecule is COCC(C)NCc1nc(-c2ccc(C(F)(F)F)cc2)ccc1F. The fraction of sp³-hybridized carbons (Fsp3) is 0.353. The van der Waals surface area contributed by atoms with Gasteiger partial charge in [-0.1, -0.05) is 12.1 Å². The molecule has 0 radical (unpaired) electrons. The van der Waals surface area contributed by atoms with E-state index in [-0.39, 0.29) is 18.3 Å². The lowest BCUT2D eigenvalue weighted by Gasteiger charge is -2.13. The number of pyridine rings is 1. The molecule has 1 heterocycles. The van der Waals surface area contributed by atoms with Gasteiger partial charge in [0.2, 0.25) is 0 Å². The van der Waals surface area contributed by atoms with Crippen LogP contribution in [0.5, 0.6) is 0 Å². The summed E-state index contributed by atoms with van der Waals surface area (Å²) in [4.78, 5) is 4.21. The molecule has 0 saturated heterocycles. The zero-order chi connectivity index (χ0) is 17.7. The first-order valence-corrected chi connectivity index (χ1v) is 7.36. The van der Waals surface area contributed by atoms with Crippen LogP contribution in [0.3, 0.4) is 0 Å². The van der Waals surface area contributed by atoms with E-state index in [9.17, 15) is 17.6 Å². The summed E-state index contributed by atoms with van der Waals surface area (Å²) < 4.78 is 56.6. The average Bonchev–Trinajstić information content (AvgIpc) is 2.54. The number of nitrogens with one attached hydrogen (secondary N) is 1. The maximum Gasteiger partial charge on any atom is 0.416 e. The van der Waals surface area contributed by atoms with Gasteiger partial charge in [0.25, 0.3) is 0 Å². The average molecular weight is 342 g/mol. The molecule has 2 aromatic rings. The molecule has 3 nitrogen and oxygen atoms in total. The van der Waals surface area contributed by atoms with Crippen LogP contribution in [0.25, 0.3) is 11.3 Å². The molecule has 0 saturated carbocycles. The molecule has 1 aromatic heterocycles. The van der Waals surface area contributed by atoms with Crippen molar-refractivity contribution >= 4 is 0 Å². The maximum atomic E-state index is 13.9. The summed E-state index contributed by atoms with van der Waals surface area (Å²) >= 11 is 0. The first-order chi connectivity index (χ1) is 11.3. The fourth-order valence-corrected chi connectivity index (χ4v) is 2.18. The lowest BCUT2D eigenvalue weighted by Crippen LogP contribution is -2.30. The van der Waals surface area contributed by atoms with Crippen molar-refractivity contribution in [3.05, 3.63) is 53.5 Å². The second kappa shape index (κ2) is 7.72. The van der Waals surface area contributed by atoms with Gasteiger partial charge in [-0.05, 0) is 31.2 Å². The number of rotatable bonds is 6. The van der Waals surface area contributed by atoms with E-state index < -0.39 is 17.6 Å². The number of alkyl halides is 3. The minimum Gasteiger partial charge on any atom is -0.383 e. The van der Waals surface area contributed by atoms with E-state index in [4.69, 9.17) is 4.74 Å². The number of halogens is 4. The van der Waals surface area contributed by atoms with Gasteiger partial charge in [0.1, 0.15) is 5.82 Å². The van der Waals surface area contributed by atoms with Crippen LogP contribution in [-0.4, -0.2) is 24.7 Å². The van der Waals surface area contributed by atoms with E-state index in [0.29, 0.717) is 17.9 Å². The van der Waals surface area contributed by atoms with Crippen molar-refractivity contribution in [1.82, 2.24) is 10.3 Å². The minimum atomic E-state index is -4.39. The second-order valence-corrected chi connectivity index (χ2v) is 5.44. The number of aromatic nitrogens is 1. The summed E-state index contributed by atoms with van der Waals surface area (Å²) in [6, 6.07) is 7.35. The summed E-state index contributed by atoms with van der Waals surface area (Å²) in [6.45, 7) is 2.56. The van der Waals surface area contributed by atoms with Crippen molar-refractivity contribution in [1.29, 1.82) is 0 Å². The molecule has 1 N–H and O–H groups in total. The van der Waals surface area contributed by atoms with E-state index in [2.05, 4.69) is 10.3 Å². The molecule has 2 rings (SSSR count). The van der Waals surface area contributed by atoms with Crippen molar-refractivity contribution in [3.63, 3.8) is 0 Å². The Bertz CT molecular complexity index is 671. The van der Waals surface area contributed by atoms with Crippen molar-refractivity contribution < 1.29 is 22.3 Å². The first kappa shape index (κ1) is 18.4. The van der Waals surface area contributed by atoms with Gasteiger partial charge in [-0.2, -0.15) is 13.2 Å². The third kappa shape index (κ3) is 4.75. The Morgan fingerprint density at radius 3 is 2.38 bits per heavy atom. The van der Waals surface area contributed by atoms with Gasteiger partial charge in [0, 0.05) is 25.3 Å². The van der Waals surface area contributed by atoms with Gasteiger partial charge in [0.15, 0.2) is 0 Å². The monoisotopic (exact) mass is 342 g/mol. The number of hydrogen-bond acceptors (Lipinski definition) is 3. The highest BCUT2D eigenvalue weighted by molar-refractivity contribution is 5.59. The molecule has 0 amide bonds. The lowest BCUT2D eigenvalue weighted by molar-refractivity contribution is -0.137. The first-order valence-electron chi connectivity index (χ1n) is 7.36. The molecule has 130 valence electrons. The number of hydrogen-bond donors (Lipinski definition) is 1. The number of ether oxygens (including phenoxy) is 1. The minimum absolute atomic E-state index is 0.0194. The third-order valence-electron chi connectivity index (χ3n) is 3.46. The van der Waals surface area contributed by atoms with E-state index in [1.807, 2.05) is 6.92 Å². The molecule has 0 spiro atoms. The largest absolute Gasteiger partial charge is 0.416 e. The Kier molecular flexibility index (Phi) is 5.90. The molecule has 0 bridgehead atoms. The van der Waals surface area contributed by atoms with Crippen LogP contribution in [0, 0.1) is 5.82 Å². The molecule has 0 fully saturated rings. The van der Waals surface area contributed by atoms with Crippen molar-refractivity contribution in [2.24, 2.45) is 0 Å². The van der Waals surface area contributed by atoms with Crippen LogP contribution in [0.4, 0.5) is 17.6 Å². The molecule has 1 aromatic carbocycles. The quantitative estimate of drug-likeness (QED) is 0.805. The van der Waals surface area contributed by atoms with Crippen molar-refractivity contribution in [2.75, 3.05) is 13.7 Å². The van der Waals surface area contributed by atoms with Crippen molar-refractivity contribution in [3.8, 4) is 11.3 Å². The van der Waals surface area contributed by atoms with Gasteiger partial charge >= 0.3 is 6.18 Å². The van der Waals surface area contributed by atoms with Crippen LogP contribution in [-0.2, 0) is 17.5 Å². The molecule has 24 heavy (non-hydrogen) atoms. The fourth-order valence-electron chi connectivity index (χ4n) is 2.18. The van der Waals surface area contributed by atoms with Crippen LogP contribution < -0.4 is 5.32 Å². The van der Waals surface area contributed by atoms with Gasteiger partial charge in [-0.3, -0.25) is 0 Å². The second-order valence-electron chi connectivity index (χ2n) is 5.44. The van der Waals surface area contributed by atoms with Crippen LogP contribution in [0.1, 0.15) is 18.2 Å². The predicted octanol–water partition coefficient (Wildman–Crippen LogP) is 4.03. The molecule has 1 atom stereocenters. The summed E-state index contributed by atoms with van der Waals surface area (Å²) in [7, 11) is 1.57. The topological polar surface area (TPSA) is 34.1 Å². The number of nitrogens with zero attached hydrogens (tertiary/aromatic N) is 1. The third-order valence-corrected chi connectivity index (χ3v) is 3.46. The Hall–Kier alpha value is -1.99. The van der Waals surface area contributed by atoms with Crippen LogP contribution >= 0.6 is 0 Å². The normalized spacial score (nSPS) is 13.1. The van der Waals surface area contributed by atoms with E-state index in [1.54, 1.807) is 7.11 Å². The number of methoxy groups -OCH3 is 1. The maximum absolute atomic E-state index is 13.9. The lowest BCUT2D eigenvalue weighted by atomic mass is 10.1. The summed E-state index contributed by atoms with van der Waals surface area (Å²) in [5.41, 5.74) is 0.384. The standard InChI is InChI=1S/C17H18F4N2O/c1-11(10-24-2)22-9-16-14(18)7-8-15(23-16)12-3-5-13(6-4-12)17(19,20)21/h3-8,11,22H,9-10H2,1-2H3. The molecular formula is C17H18F4N2O. The smallest absolute Gasteiger partial charge is 0.383 e. The molecule has 0 aliphatic heterocycles. The zero-order valence-corrected chi connectivity index (χ0v) is 13.3. The van der Waals surface area contributed by atoms with Crippen LogP contribution in [0.15, 0.2) is 36.4 Å². The molecule has 1 unspecified atom stereocenters. The molecule has 7 heteroatoms. The Labute approximate surface area is 137 Å². The van der Waals surface area contributed by atoms with Gasteiger partial charge in [0.05, 0.1) is 23.6 Å². The van der Waals surface area contributed by atoms with E-state index in [0.717, 1.165) is 12.1 Å². The Balaban J connectivity index is 2.18. The summed E-state index contributed by atoms with van der Waals surface area (Å²) in [5, 5.41) is 3.07. The Morgan fingerprint density at radius 2 is 1.79 bits per heavy atom. The van der Waals surface area contributed by atoms with Gasteiger partial charge in [-0.25, -0.2) is 9.37 Å². The highest BCUT2D eigenvalue weighted by Crippen LogP contribution is 2.30. The van der Waals surface area contributed by atoms with E-state index in [1.165, 1.54) is 24.3 Å². The van der Waals surface area contributed by atoms with Crippen LogP contribution in [0.2, 0.25) is 0 Å². The zero-order valence-electron chi connectivity index (χ0n) is 13.3. The predicted molar refractivity (Wildman–Crippen MR) is 82.8 cm³/mol. The van der Waals surface area contributed by atoms with E-state index >= 15 is 0 Å². The molecule has 0 aliphatic carbocycles. The highest BCUT2D eigenvalue weighted by Gasteiger charge is 2.30. The molecule has 0 aliphatic rings. The van der Waals surface area contributed by atoms with Gasteiger partial charge in [-0.15, -0.1) is 0 Å². The summed E-state index contributed by atoms with van der Waals surface area (Å²) in [5.74, 6) is -0.470. The molecular weight excluding hydrogens is 324 g/mol. The van der Waals surface area contributed by atoms with Crippen molar-refractivity contribution in [2.45, 2.75) is 25.7 Å².